The van der Waals surface area contributed by atoms with Gasteiger partial charge in [0.1, 0.15) is 29.8 Å². The van der Waals surface area contributed by atoms with Crippen LogP contribution < -0.4 is 14.4 Å². The third kappa shape index (κ3) is 6.78. The average molecular weight is 692 g/mol. The van der Waals surface area contributed by atoms with Crippen LogP contribution in [0.15, 0.2) is 55.1 Å². The Morgan fingerprint density at radius 1 is 0.961 bits per heavy atom. The van der Waals surface area contributed by atoms with Crippen LogP contribution in [0.2, 0.25) is 0 Å². The number of nitrogens with zero attached hydrogens (tertiary/aromatic N) is 9. The zero-order chi connectivity index (χ0) is 35.3. The van der Waals surface area contributed by atoms with Gasteiger partial charge in [-0.2, -0.15) is 10.4 Å². The molecule has 4 unspecified atom stereocenters. The number of methoxy groups -OCH3 is 1. The van der Waals surface area contributed by atoms with Gasteiger partial charge in [-0.15, -0.1) is 0 Å². The molecule has 0 spiro atoms. The van der Waals surface area contributed by atoms with E-state index in [1.54, 1.807) is 17.8 Å². The maximum absolute atomic E-state index is 12.7. The van der Waals surface area contributed by atoms with Crippen LogP contribution in [0.1, 0.15) is 38.3 Å². The number of rotatable bonds is 9. The largest absolute Gasteiger partial charge is 0.491 e. The molecule has 266 valence electrons. The third-order valence-corrected chi connectivity index (χ3v) is 10.6. The molecule has 1 amide bonds. The van der Waals surface area contributed by atoms with Crippen LogP contribution in [-0.2, 0) is 11.3 Å². The zero-order valence-electron chi connectivity index (χ0n) is 29.7. The van der Waals surface area contributed by atoms with Crippen LogP contribution in [0.3, 0.4) is 0 Å². The van der Waals surface area contributed by atoms with Crippen molar-refractivity contribution in [1.82, 2.24) is 34.3 Å². The van der Waals surface area contributed by atoms with Crippen molar-refractivity contribution in [3.8, 4) is 28.8 Å². The highest BCUT2D eigenvalue weighted by molar-refractivity contribution is 5.85. The molecule has 51 heavy (non-hydrogen) atoms. The second-order valence-electron chi connectivity index (χ2n) is 15.3. The Hall–Kier alpha value is -4.93. The fourth-order valence-electron chi connectivity index (χ4n) is 8.29. The molecule has 9 rings (SSSR count). The number of pyridine rings is 3. The van der Waals surface area contributed by atoms with E-state index in [-0.39, 0.29) is 18.2 Å². The maximum Gasteiger partial charge on any atom is 0.410 e. The van der Waals surface area contributed by atoms with E-state index in [4.69, 9.17) is 19.2 Å². The average Bonchev–Trinajstić information content (AvgIpc) is 3.81. The van der Waals surface area contributed by atoms with E-state index in [1.165, 1.54) is 5.56 Å². The molecule has 0 saturated carbocycles. The molecular weight excluding hydrogens is 646 g/mol. The number of likely N-dealkylation sites (tertiary alicyclic amines) is 1. The highest BCUT2D eigenvalue weighted by Gasteiger charge is 2.48. The highest BCUT2D eigenvalue weighted by Crippen LogP contribution is 2.37. The van der Waals surface area contributed by atoms with Gasteiger partial charge >= 0.3 is 6.09 Å². The molecule has 5 aliphatic heterocycles. The molecule has 5 aliphatic rings. The maximum atomic E-state index is 12.7. The summed E-state index contributed by atoms with van der Waals surface area (Å²) in [6.07, 6.45) is 8.04. The molecule has 5 fully saturated rings. The van der Waals surface area contributed by atoms with Crippen molar-refractivity contribution >= 4 is 17.4 Å². The number of hydrogen-bond donors (Lipinski definition) is 0. The van der Waals surface area contributed by atoms with Gasteiger partial charge in [0.2, 0.25) is 5.88 Å². The normalized spacial score (nSPS) is 23.2. The summed E-state index contributed by atoms with van der Waals surface area (Å²) in [4.78, 5) is 31.1. The lowest BCUT2D eigenvalue weighted by Crippen LogP contribution is -2.70. The number of amides is 1. The first-order valence-electron chi connectivity index (χ1n) is 17.8. The number of piperidine rings is 1. The first-order valence-corrected chi connectivity index (χ1v) is 17.8. The molecular formula is C38H45N9O4. The summed E-state index contributed by atoms with van der Waals surface area (Å²) in [5.74, 6) is 3.50. The van der Waals surface area contributed by atoms with Crippen molar-refractivity contribution in [3.63, 3.8) is 0 Å². The van der Waals surface area contributed by atoms with E-state index in [1.807, 2.05) is 56.4 Å². The quantitative estimate of drug-likeness (QED) is 0.249. The summed E-state index contributed by atoms with van der Waals surface area (Å²) < 4.78 is 18.8. The smallest absolute Gasteiger partial charge is 0.410 e. The summed E-state index contributed by atoms with van der Waals surface area (Å²) in [6.45, 7) is 13.6. The molecule has 13 nitrogen and oxygen atoms in total. The number of ether oxygens (including phenoxy) is 3. The highest BCUT2D eigenvalue weighted by atomic mass is 16.6. The van der Waals surface area contributed by atoms with Gasteiger partial charge in [-0.05, 0) is 62.8 Å². The molecule has 0 radical (unpaired) electrons. The number of hydrogen-bond acceptors (Lipinski definition) is 11. The van der Waals surface area contributed by atoms with Crippen LogP contribution in [0, 0.1) is 23.2 Å². The first-order chi connectivity index (χ1) is 24.6. The SMILES string of the molecule is COc1ccc(CN2CC3CN(c4ccc(-c5cc(OCCN6CC7CC(C6)N7C(=O)OC(C)(C)C)cn6ncc(C#N)c56)cn4)CC3C2)cn1. The Labute approximate surface area is 298 Å². The van der Waals surface area contributed by atoms with Crippen molar-refractivity contribution in [2.75, 3.05) is 64.4 Å². The van der Waals surface area contributed by atoms with Crippen molar-refractivity contribution in [2.45, 2.75) is 51.4 Å². The Morgan fingerprint density at radius 2 is 1.75 bits per heavy atom. The summed E-state index contributed by atoms with van der Waals surface area (Å²) in [5, 5.41) is 14.3. The minimum absolute atomic E-state index is 0.184. The number of carbonyl (C=O) groups is 1. The molecule has 13 heteroatoms. The summed E-state index contributed by atoms with van der Waals surface area (Å²) in [6, 6.07) is 12.8. The molecule has 0 aliphatic carbocycles. The fraction of sp³-hybridized carbons (Fsp3) is 0.500. The molecule has 4 aromatic heterocycles. The number of anilines is 1. The van der Waals surface area contributed by atoms with Crippen LogP contribution in [0.25, 0.3) is 16.6 Å². The number of aromatic nitrogens is 4. The second-order valence-corrected chi connectivity index (χ2v) is 15.3. The first kappa shape index (κ1) is 33.2. The predicted molar refractivity (Wildman–Crippen MR) is 191 cm³/mol. The van der Waals surface area contributed by atoms with Crippen LogP contribution in [0.5, 0.6) is 11.6 Å². The van der Waals surface area contributed by atoms with Gasteiger partial charge < -0.3 is 19.1 Å². The van der Waals surface area contributed by atoms with Gasteiger partial charge in [0.25, 0.3) is 0 Å². The monoisotopic (exact) mass is 691 g/mol. The number of nitriles is 1. The summed E-state index contributed by atoms with van der Waals surface area (Å²) in [7, 11) is 1.64. The molecule has 0 N–H and O–H groups in total. The second kappa shape index (κ2) is 13.3. The van der Waals surface area contributed by atoms with E-state index in [0.717, 1.165) is 81.2 Å². The lowest BCUT2D eigenvalue weighted by atomic mass is 9.88. The molecule has 0 aromatic carbocycles. The Bertz CT molecular complexity index is 1910. The lowest BCUT2D eigenvalue weighted by Gasteiger charge is -2.55. The van der Waals surface area contributed by atoms with Crippen molar-refractivity contribution < 1.29 is 19.0 Å². The van der Waals surface area contributed by atoms with Gasteiger partial charge in [-0.3, -0.25) is 14.7 Å². The number of fused-ring (bicyclic) bond motifs is 4. The number of piperazine rings is 1. The lowest BCUT2D eigenvalue weighted by molar-refractivity contribution is -0.0777. The van der Waals surface area contributed by atoms with E-state index in [9.17, 15) is 10.1 Å². The Balaban J connectivity index is 0.891. The fourth-order valence-corrected chi connectivity index (χ4v) is 8.29. The van der Waals surface area contributed by atoms with E-state index >= 15 is 0 Å². The van der Waals surface area contributed by atoms with E-state index < -0.39 is 5.60 Å². The van der Waals surface area contributed by atoms with Crippen LogP contribution in [-0.4, -0.2) is 118 Å². The molecule has 2 bridgehead atoms. The summed E-state index contributed by atoms with van der Waals surface area (Å²) >= 11 is 0. The topological polar surface area (TPSA) is 125 Å². The van der Waals surface area contributed by atoms with Gasteiger partial charge in [-0.25, -0.2) is 19.3 Å². The molecule has 5 saturated heterocycles. The van der Waals surface area contributed by atoms with Gasteiger partial charge in [0, 0.05) is 81.9 Å². The van der Waals surface area contributed by atoms with Gasteiger partial charge in [0.05, 0.1) is 42.7 Å². The number of carbonyl (C=O) groups excluding carboxylic acids is 1. The molecule has 9 heterocycles. The Kier molecular flexibility index (Phi) is 8.68. The van der Waals surface area contributed by atoms with E-state index in [0.29, 0.717) is 35.6 Å². The van der Waals surface area contributed by atoms with Crippen molar-refractivity contribution in [1.29, 1.82) is 5.26 Å². The van der Waals surface area contributed by atoms with E-state index in [2.05, 4.69) is 49.1 Å². The van der Waals surface area contributed by atoms with Crippen molar-refractivity contribution in [3.05, 3.63) is 66.2 Å². The third-order valence-electron chi connectivity index (χ3n) is 10.6. The van der Waals surface area contributed by atoms with Crippen LogP contribution >= 0.6 is 0 Å². The van der Waals surface area contributed by atoms with Crippen LogP contribution in [0.4, 0.5) is 10.6 Å². The Morgan fingerprint density at radius 3 is 2.39 bits per heavy atom. The standard InChI is InChI=1S/C38H45N9O4/c1-38(2,3)51-37(48)47-30-11-31(47)23-43(22-30)9-10-50-32-12-33(36-27(13-39)16-42-46(36)24-32)26-6-7-34(40-15-26)45-20-28-18-44(19-29(28)21-45)17-25-5-8-35(49-4)41-14-25/h5-8,12,14-16,24,28-31H,9-11,17-23H2,1-4H3. The van der Waals surface area contributed by atoms with Gasteiger partial charge in [0.15, 0.2) is 0 Å². The zero-order valence-corrected chi connectivity index (χ0v) is 29.7. The van der Waals surface area contributed by atoms with Crippen molar-refractivity contribution in [2.24, 2.45) is 11.8 Å². The minimum Gasteiger partial charge on any atom is -0.491 e. The minimum atomic E-state index is -0.497. The van der Waals surface area contributed by atoms with Gasteiger partial charge in [-0.1, -0.05) is 6.07 Å². The molecule has 4 atom stereocenters. The molecule has 4 aromatic rings. The summed E-state index contributed by atoms with van der Waals surface area (Å²) in [5.41, 5.74) is 3.71. The predicted octanol–water partition coefficient (Wildman–Crippen LogP) is 4.31.